The SMILES string of the molecule is COC[C@H]1O[C@@H](Oc2cnc(N)c(C)c2)C[C@@H]1OC. The highest BCUT2D eigenvalue weighted by Crippen LogP contribution is 2.26. The molecule has 0 aromatic carbocycles. The molecule has 1 fully saturated rings. The maximum absolute atomic E-state index is 5.75. The molecule has 6 heteroatoms. The number of anilines is 1. The third-order valence-corrected chi connectivity index (χ3v) is 3.16. The molecule has 1 aromatic heterocycles. The van der Waals surface area contributed by atoms with Crippen molar-refractivity contribution in [2.45, 2.75) is 31.8 Å². The quantitative estimate of drug-likeness (QED) is 0.862. The number of hydrogen-bond donors (Lipinski definition) is 1. The predicted molar refractivity (Wildman–Crippen MR) is 70.0 cm³/mol. The standard InChI is InChI=1S/C13H20N2O4/c1-8-4-9(6-15-13(8)14)18-12-5-10(17-3)11(19-12)7-16-2/h4,6,10-12H,5,7H2,1-3H3,(H2,14,15)/t10-,11+,12+/m0/s1. The second-order valence-electron chi connectivity index (χ2n) is 4.56. The first kappa shape index (κ1) is 14.0. The summed E-state index contributed by atoms with van der Waals surface area (Å²) in [5.41, 5.74) is 6.55. The molecule has 1 aliphatic rings. The Hall–Kier alpha value is -1.37. The van der Waals surface area contributed by atoms with Crippen molar-refractivity contribution < 1.29 is 18.9 Å². The maximum Gasteiger partial charge on any atom is 0.203 e. The van der Waals surface area contributed by atoms with Crippen molar-refractivity contribution >= 4 is 5.82 Å². The summed E-state index contributed by atoms with van der Waals surface area (Å²) >= 11 is 0. The summed E-state index contributed by atoms with van der Waals surface area (Å²) in [4.78, 5) is 4.06. The Balaban J connectivity index is 1.98. The Labute approximate surface area is 112 Å². The first-order chi connectivity index (χ1) is 9.13. The molecule has 0 spiro atoms. The zero-order valence-corrected chi connectivity index (χ0v) is 11.5. The molecule has 2 N–H and O–H groups in total. The van der Waals surface area contributed by atoms with E-state index in [-0.39, 0.29) is 18.5 Å². The lowest BCUT2D eigenvalue weighted by atomic mass is 10.2. The van der Waals surface area contributed by atoms with Gasteiger partial charge in [-0.25, -0.2) is 4.98 Å². The van der Waals surface area contributed by atoms with Gasteiger partial charge < -0.3 is 24.7 Å². The van der Waals surface area contributed by atoms with Crippen LogP contribution in [0.3, 0.4) is 0 Å². The van der Waals surface area contributed by atoms with E-state index < -0.39 is 0 Å². The Kier molecular flexibility index (Phi) is 4.57. The Bertz CT molecular complexity index is 427. The van der Waals surface area contributed by atoms with Gasteiger partial charge in [0.1, 0.15) is 17.7 Å². The van der Waals surface area contributed by atoms with Gasteiger partial charge in [-0.15, -0.1) is 0 Å². The number of methoxy groups -OCH3 is 2. The second-order valence-corrected chi connectivity index (χ2v) is 4.56. The Morgan fingerprint density at radius 3 is 2.89 bits per heavy atom. The largest absolute Gasteiger partial charge is 0.463 e. The van der Waals surface area contributed by atoms with Crippen LogP contribution >= 0.6 is 0 Å². The first-order valence-corrected chi connectivity index (χ1v) is 6.20. The van der Waals surface area contributed by atoms with Crippen molar-refractivity contribution in [2.24, 2.45) is 0 Å². The topological polar surface area (TPSA) is 75.8 Å². The van der Waals surface area contributed by atoms with Gasteiger partial charge in [-0.1, -0.05) is 0 Å². The van der Waals surface area contributed by atoms with E-state index in [0.29, 0.717) is 24.6 Å². The highest BCUT2D eigenvalue weighted by atomic mass is 16.7. The van der Waals surface area contributed by atoms with E-state index >= 15 is 0 Å². The minimum absolute atomic E-state index is 0.0206. The molecule has 3 atom stereocenters. The lowest BCUT2D eigenvalue weighted by Crippen LogP contribution is -2.27. The van der Waals surface area contributed by atoms with Crippen LogP contribution in [0.2, 0.25) is 0 Å². The van der Waals surface area contributed by atoms with Gasteiger partial charge in [0.05, 0.1) is 18.9 Å². The van der Waals surface area contributed by atoms with E-state index in [0.717, 1.165) is 5.56 Å². The lowest BCUT2D eigenvalue weighted by molar-refractivity contribution is -0.101. The monoisotopic (exact) mass is 268 g/mol. The molecule has 0 unspecified atom stereocenters. The molecule has 1 aromatic rings. The van der Waals surface area contributed by atoms with Crippen molar-refractivity contribution in [3.8, 4) is 5.75 Å². The number of pyridine rings is 1. The minimum Gasteiger partial charge on any atom is -0.463 e. The third-order valence-electron chi connectivity index (χ3n) is 3.16. The molecule has 0 aliphatic carbocycles. The highest BCUT2D eigenvalue weighted by Gasteiger charge is 2.36. The average molecular weight is 268 g/mol. The van der Waals surface area contributed by atoms with Crippen molar-refractivity contribution in [2.75, 3.05) is 26.6 Å². The lowest BCUT2D eigenvalue weighted by Gasteiger charge is -2.16. The van der Waals surface area contributed by atoms with E-state index in [1.54, 1.807) is 20.4 Å². The van der Waals surface area contributed by atoms with Crippen molar-refractivity contribution in [3.05, 3.63) is 17.8 Å². The number of nitrogen functional groups attached to an aromatic ring is 1. The fraction of sp³-hybridized carbons (Fsp3) is 0.615. The molecule has 0 saturated carbocycles. The smallest absolute Gasteiger partial charge is 0.203 e. The van der Waals surface area contributed by atoms with Crippen LogP contribution in [0.25, 0.3) is 0 Å². The molecule has 106 valence electrons. The number of hydrogen-bond acceptors (Lipinski definition) is 6. The molecule has 2 rings (SSSR count). The molecule has 19 heavy (non-hydrogen) atoms. The summed E-state index contributed by atoms with van der Waals surface area (Å²) in [5, 5.41) is 0. The maximum atomic E-state index is 5.75. The van der Waals surface area contributed by atoms with Crippen LogP contribution in [-0.2, 0) is 14.2 Å². The van der Waals surface area contributed by atoms with E-state index in [2.05, 4.69) is 4.98 Å². The van der Waals surface area contributed by atoms with Gasteiger partial charge in [-0.05, 0) is 18.6 Å². The first-order valence-electron chi connectivity index (χ1n) is 6.20. The second kappa shape index (κ2) is 6.18. The van der Waals surface area contributed by atoms with Gasteiger partial charge in [0.15, 0.2) is 0 Å². The summed E-state index contributed by atoms with van der Waals surface area (Å²) in [5.74, 6) is 1.15. The molecule has 0 bridgehead atoms. The van der Waals surface area contributed by atoms with Crippen LogP contribution in [0.1, 0.15) is 12.0 Å². The van der Waals surface area contributed by atoms with Crippen LogP contribution < -0.4 is 10.5 Å². The molecule has 1 aliphatic heterocycles. The summed E-state index contributed by atoms with van der Waals surface area (Å²) in [6.07, 6.45) is 1.77. The fourth-order valence-corrected chi connectivity index (χ4v) is 2.09. The van der Waals surface area contributed by atoms with Crippen LogP contribution in [0.5, 0.6) is 5.75 Å². The number of ether oxygens (including phenoxy) is 4. The van der Waals surface area contributed by atoms with Crippen LogP contribution in [0, 0.1) is 6.92 Å². The van der Waals surface area contributed by atoms with Gasteiger partial charge in [-0.3, -0.25) is 0 Å². The van der Waals surface area contributed by atoms with Crippen molar-refractivity contribution in [1.82, 2.24) is 4.98 Å². The normalized spacial score (nSPS) is 26.6. The number of aromatic nitrogens is 1. The number of aryl methyl sites for hydroxylation is 1. The summed E-state index contributed by atoms with van der Waals surface area (Å²) in [6.45, 7) is 2.37. The molecule has 0 amide bonds. The van der Waals surface area contributed by atoms with Gasteiger partial charge in [0.25, 0.3) is 0 Å². The fourth-order valence-electron chi connectivity index (χ4n) is 2.09. The van der Waals surface area contributed by atoms with Crippen LogP contribution in [0.4, 0.5) is 5.82 Å². The summed E-state index contributed by atoms with van der Waals surface area (Å²) in [7, 11) is 3.30. The summed E-state index contributed by atoms with van der Waals surface area (Å²) < 4.78 is 22.0. The average Bonchev–Trinajstić information content (AvgIpc) is 2.76. The highest BCUT2D eigenvalue weighted by molar-refractivity contribution is 5.41. The molecule has 2 heterocycles. The van der Waals surface area contributed by atoms with E-state index in [1.165, 1.54) is 0 Å². The number of nitrogens with zero attached hydrogens (tertiary/aromatic N) is 1. The third kappa shape index (κ3) is 3.34. The number of nitrogens with two attached hydrogens (primary N) is 1. The molecule has 6 nitrogen and oxygen atoms in total. The predicted octanol–water partition coefficient (Wildman–Crippen LogP) is 1.13. The molecular weight excluding hydrogens is 248 g/mol. The van der Waals surface area contributed by atoms with E-state index in [1.807, 2.05) is 13.0 Å². The minimum atomic E-state index is -0.352. The zero-order chi connectivity index (χ0) is 13.8. The molecular formula is C13H20N2O4. The Morgan fingerprint density at radius 1 is 1.47 bits per heavy atom. The van der Waals surface area contributed by atoms with Crippen LogP contribution in [-0.4, -0.2) is 44.3 Å². The van der Waals surface area contributed by atoms with Gasteiger partial charge in [-0.2, -0.15) is 0 Å². The molecule has 0 radical (unpaired) electrons. The van der Waals surface area contributed by atoms with E-state index in [9.17, 15) is 0 Å². The van der Waals surface area contributed by atoms with Gasteiger partial charge in [0, 0.05) is 20.6 Å². The zero-order valence-electron chi connectivity index (χ0n) is 11.5. The van der Waals surface area contributed by atoms with Crippen molar-refractivity contribution in [1.29, 1.82) is 0 Å². The van der Waals surface area contributed by atoms with Gasteiger partial charge >= 0.3 is 0 Å². The Morgan fingerprint density at radius 2 is 2.26 bits per heavy atom. The number of rotatable bonds is 5. The van der Waals surface area contributed by atoms with Crippen LogP contribution in [0.15, 0.2) is 12.3 Å². The molecule has 1 saturated heterocycles. The summed E-state index contributed by atoms with van der Waals surface area (Å²) in [6, 6.07) is 1.84. The van der Waals surface area contributed by atoms with E-state index in [4.69, 9.17) is 24.7 Å². The van der Waals surface area contributed by atoms with Gasteiger partial charge in [0.2, 0.25) is 6.29 Å². The van der Waals surface area contributed by atoms with Crippen molar-refractivity contribution in [3.63, 3.8) is 0 Å².